The first-order valence-corrected chi connectivity index (χ1v) is 6.13. The number of hydrogen-bond donors (Lipinski definition) is 2. The van der Waals surface area contributed by atoms with Crippen LogP contribution in [0, 0.1) is 0 Å². The summed E-state index contributed by atoms with van der Waals surface area (Å²) in [6, 6.07) is 8.31. The monoisotopic (exact) mass is 240 g/mol. The molecule has 3 aromatic rings. The standard InChI is InChI=1S/C14H16N4/c1-15-7-6-14-16-8-9-18(14)13-10-17-12-5-3-2-4-11(12)13/h2-5,8-10,15,17H,6-7H2,1H3. The zero-order valence-electron chi connectivity index (χ0n) is 10.4. The Kier molecular flexibility index (Phi) is 2.86. The van der Waals surface area contributed by atoms with Gasteiger partial charge in [0.2, 0.25) is 0 Å². The number of para-hydroxylation sites is 1. The molecule has 0 spiro atoms. The van der Waals surface area contributed by atoms with E-state index in [2.05, 4.69) is 38.1 Å². The van der Waals surface area contributed by atoms with Crippen molar-refractivity contribution < 1.29 is 0 Å². The van der Waals surface area contributed by atoms with E-state index in [0.717, 1.165) is 30.0 Å². The molecule has 0 aliphatic heterocycles. The second-order valence-corrected chi connectivity index (χ2v) is 4.29. The third kappa shape index (κ3) is 1.80. The molecule has 4 nitrogen and oxygen atoms in total. The van der Waals surface area contributed by atoms with Gasteiger partial charge in [0, 0.05) is 42.5 Å². The summed E-state index contributed by atoms with van der Waals surface area (Å²) >= 11 is 0. The van der Waals surface area contributed by atoms with Crippen molar-refractivity contribution in [3.05, 3.63) is 48.7 Å². The molecule has 1 aromatic carbocycles. The van der Waals surface area contributed by atoms with Gasteiger partial charge < -0.3 is 14.9 Å². The molecule has 4 heteroatoms. The number of aromatic nitrogens is 3. The highest BCUT2D eigenvalue weighted by Gasteiger charge is 2.08. The molecule has 0 aliphatic rings. The van der Waals surface area contributed by atoms with Gasteiger partial charge >= 0.3 is 0 Å². The van der Waals surface area contributed by atoms with Crippen LogP contribution in [0.2, 0.25) is 0 Å². The molecule has 3 rings (SSSR count). The molecular weight excluding hydrogens is 224 g/mol. The number of imidazole rings is 1. The van der Waals surface area contributed by atoms with Gasteiger partial charge in [-0.1, -0.05) is 18.2 Å². The van der Waals surface area contributed by atoms with Gasteiger partial charge in [0.25, 0.3) is 0 Å². The maximum Gasteiger partial charge on any atom is 0.114 e. The first-order valence-electron chi connectivity index (χ1n) is 6.13. The first-order chi connectivity index (χ1) is 8.90. The fourth-order valence-corrected chi connectivity index (χ4v) is 2.23. The van der Waals surface area contributed by atoms with E-state index in [1.807, 2.05) is 31.7 Å². The quantitative estimate of drug-likeness (QED) is 0.733. The van der Waals surface area contributed by atoms with Gasteiger partial charge in [0.1, 0.15) is 5.82 Å². The summed E-state index contributed by atoms with van der Waals surface area (Å²) in [6.45, 7) is 0.930. The van der Waals surface area contributed by atoms with Crippen LogP contribution in [0.1, 0.15) is 5.82 Å². The van der Waals surface area contributed by atoms with Crippen LogP contribution in [0.4, 0.5) is 0 Å². The van der Waals surface area contributed by atoms with Crippen molar-refractivity contribution in [3.63, 3.8) is 0 Å². The van der Waals surface area contributed by atoms with Crippen molar-refractivity contribution in [1.82, 2.24) is 19.9 Å². The third-order valence-electron chi connectivity index (χ3n) is 3.14. The van der Waals surface area contributed by atoms with Gasteiger partial charge in [-0.25, -0.2) is 4.98 Å². The van der Waals surface area contributed by atoms with Gasteiger partial charge in [-0.3, -0.25) is 0 Å². The SMILES string of the molecule is CNCCc1nccn1-c1c[nH]c2ccccc12. The highest BCUT2D eigenvalue weighted by molar-refractivity contribution is 5.88. The van der Waals surface area contributed by atoms with Crippen molar-refractivity contribution in [2.45, 2.75) is 6.42 Å². The van der Waals surface area contributed by atoms with Crippen molar-refractivity contribution in [2.24, 2.45) is 0 Å². The number of fused-ring (bicyclic) bond motifs is 1. The average molecular weight is 240 g/mol. The summed E-state index contributed by atoms with van der Waals surface area (Å²) in [5.41, 5.74) is 2.31. The predicted octanol–water partition coefficient (Wildman–Crippen LogP) is 2.12. The van der Waals surface area contributed by atoms with E-state index < -0.39 is 0 Å². The largest absolute Gasteiger partial charge is 0.359 e. The summed E-state index contributed by atoms with van der Waals surface area (Å²) in [6.07, 6.45) is 6.83. The minimum atomic E-state index is 0.920. The molecule has 0 saturated heterocycles. The molecule has 0 aliphatic carbocycles. The van der Waals surface area contributed by atoms with E-state index in [0.29, 0.717) is 0 Å². The topological polar surface area (TPSA) is 45.6 Å². The number of likely N-dealkylation sites (N-methyl/N-ethyl adjacent to an activating group) is 1. The molecule has 92 valence electrons. The van der Waals surface area contributed by atoms with Gasteiger partial charge in [0.05, 0.1) is 5.69 Å². The maximum atomic E-state index is 4.43. The second kappa shape index (κ2) is 4.66. The predicted molar refractivity (Wildman–Crippen MR) is 73.1 cm³/mol. The summed E-state index contributed by atoms with van der Waals surface area (Å²) < 4.78 is 2.15. The Balaban J connectivity index is 2.06. The Morgan fingerprint density at radius 2 is 2.22 bits per heavy atom. The molecule has 0 saturated carbocycles. The van der Waals surface area contributed by atoms with Gasteiger partial charge in [0.15, 0.2) is 0 Å². The van der Waals surface area contributed by atoms with E-state index in [1.54, 1.807) is 0 Å². The molecule has 0 atom stereocenters. The number of nitrogens with one attached hydrogen (secondary N) is 2. The van der Waals surface area contributed by atoms with Crippen LogP contribution >= 0.6 is 0 Å². The van der Waals surface area contributed by atoms with Crippen LogP contribution in [0.25, 0.3) is 16.6 Å². The van der Waals surface area contributed by atoms with E-state index in [-0.39, 0.29) is 0 Å². The van der Waals surface area contributed by atoms with Crippen LogP contribution in [0.15, 0.2) is 42.9 Å². The molecule has 18 heavy (non-hydrogen) atoms. The smallest absolute Gasteiger partial charge is 0.114 e. The molecule has 0 fully saturated rings. The minimum Gasteiger partial charge on any atom is -0.359 e. The fourth-order valence-electron chi connectivity index (χ4n) is 2.23. The Labute approximate surface area is 106 Å². The summed E-state index contributed by atoms with van der Waals surface area (Å²) in [7, 11) is 1.96. The molecule has 0 unspecified atom stereocenters. The lowest BCUT2D eigenvalue weighted by molar-refractivity contribution is 0.744. The summed E-state index contributed by atoms with van der Waals surface area (Å²) in [5.74, 6) is 1.08. The van der Waals surface area contributed by atoms with Crippen LogP contribution < -0.4 is 5.32 Å². The average Bonchev–Trinajstić information content (AvgIpc) is 3.02. The van der Waals surface area contributed by atoms with Crippen molar-refractivity contribution >= 4 is 10.9 Å². The molecule has 2 N–H and O–H groups in total. The normalized spacial score (nSPS) is 11.2. The molecule has 0 bridgehead atoms. The van der Waals surface area contributed by atoms with E-state index >= 15 is 0 Å². The van der Waals surface area contributed by atoms with Crippen LogP contribution in [0.5, 0.6) is 0 Å². The number of H-pyrrole nitrogens is 1. The van der Waals surface area contributed by atoms with E-state index in [4.69, 9.17) is 0 Å². The molecule has 2 heterocycles. The van der Waals surface area contributed by atoms with Gasteiger partial charge in [-0.15, -0.1) is 0 Å². The number of rotatable bonds is 4. The number of aromatic amines is 1. The van der Waals surface area contributed by atoms with Crippen molar-refractivity contribution in [1.29, 1.82) is 0 Å². The van der Waals surface area contributed by atoms with Crippen LogP contribution in [-0.4, -0.2) is 28.1 Å². The highest BCUT2D eigenvalue weighted by Crippen LogP contribution is 2.22. The fraction of sp³-hybridized carbons (Fsp3) is 0.214. The van der Waals surface area contributed by atoms with E-state index in [9.17, 15) is 0 Å². The lowest BCUT2D eigenvalue weighted by atomic mass is 10.2. The minimum absolute atomic E-state index is 0.920. The lowest BCUT2D eigenvalue weighted by Gasteiger charge is -2.06. The van der Waals surface area contributed by atoms with Crippen molar-refractivity contribution in [3.8, 4) is 5.69 Å². The Morgan fingerprint density at radius 3 is 3.11 bits per heavy atom. The Hall–Kier alpha value is -2.07. The van der Waals surface area contributed by atoms with Gasteiger partial charge in [-0.05, 0) is 13.1 Å². The summed E-state index contributed by atoms with van der Waals surface area (Å²) in [5, 5.41) is 4.38. The lowest BCUT2D eigenvalue weighted by Crippen LogP contribution is -2.13. The van der Waals surface area contributed by atoms with Crippen LogP contribution in [0.3, 0.4) is 0 Å². The second-order valence-electron chi connectivity index (χ2n) is 4.29. The van der Waals surface area contributed by atoms with Gasteiger partial charge in [-0.2, -0.15) is 0 Å². The molecule has 0 radical (unpaired) electrons. The number of hydrogen-bond acceptors (Lipinski definition) is 2. The Bertz CT molecular complexity index is 650. The first kappa shape index (κ1) is 11.0. The molecular formula is C14H16N4. The van der Waals surface area contributed by atoms with Crippen LogP contribution in [-0.2, 0) is 6.42 Å². The van der Waals surface area contributed by atoms with E-state index in [1.165, 1.54) is 5.39 Å². The molecule has 2 aromatic heterocycles. The zero-order chi connectivity index (χ0) is 12.4. The molecule has 0 amide bonds. The summed E-state index contributed by atoms with van der Waals surface area (Å²) in [4.78, 5) is 7.72. The Morgan fingerprint density at radius 1 is 1.33 bits per heavy atom. The highest BCUT2D eigenvalue weighted by atomic mass is 15.1. The zero-order valence-corrected chi connectivity index (χ0v) is 10.4. The number of benzene rings is 1. The number of nitrogens with zero attached hydrogens (tertiary/aromatic N) is 2. The third-order valence-corrected chi connectivity index (χ3v) is 3.14. The maximum absolute atomic E-state index is 4.43. The van der Waals surface area contributed by atoms with Crippen molar-refractivity contribution in [2.75, 3.05) is 13.6 Å².